The van der Waals surface area contributed by atoms with Crippen LogP contribution in [0.5, 0.6) is 11.5 Å². The zero-order chi connectivity index (χ0) is 18.3. The molecule has 4 rings (SSSR count). The molecule has 4 heteroatoms. The number of benzene rings is 2. The van der Waals surface area contributed by atoms with Crippen molar-refractivity contribution in [3.8, 4) is 11.5 Å². The largest absolute Gasteiger partial charge is 0.457 e. The summed E-state index contributed by atoms with van der Waals surface area (Å²) >= 11 is 0. The first kappa shape index (κ1) is 16.6. The monoisotopic (exact) mass is 347 g/mol. The van der Waals surface area contributed by atoms with Crippen LogP contribution in [-0.4, -0.2) is 11.8 Å². The Morgan fingerprint density at radius 1 is 0.846 bits per heavy atom. The molecule has 2 aromatic rings. The molecular weight excluding hydrogens is 326 g/mol. The summed E-state index contributed by atoms with van der Waals surface area (Å²) in [6, 6.07) is 13.2. The van der Waals surface area contributed by atoms with Crippen LogP contribution in [0.2, 0.25) is 0 Å². The Kier molecular flexibility index (Phi) is 4.11. The van der Waals surface area contributed by atoms with Gasteiger partial charge in [0.25, 0.3) is 0 Å². The van der Waals surface area contributed by atoms with Crippen LogP contribution >= 0.6 is 0 Å². The number of hydrogen-bond acceptors (Lipinski definition) is 3. The average molecular weight is 347 g/mol. The van der Waals surface area contributed by atoms with Crippen molar-refractivity contribution in [1.29, 1.82) is 0 Å². The van der Waals surface area contributed by atoms with Gasteiger partial charge in [-0.2, -0.15) is 0 Å². The van der Waals surface area contributed by atoms with E-state index in [2.05, 4.69) is 0 Å². The minimum atomic E-state index is -0.210. The first-order valence-electron chi connectivity index (χ1n) is 8.93. The number of nitrogens with zero attached hydrogens (tertiary/aromatic N) is 1. The van der Waals surface area contributed by atoms with Crippen molar-refractivity contribution in [1.82, 2.24) is 0 Å². The summed E-state index contributed by atoms with van der Waals surface area (Å²) in [4.78, 5) is 26.7. The van der Waals surface area contributed by atoms with E-state index in [0.29, 0.717) is 24.3 Å². The van der Waals surface area contributed by atoms with E-state index in [-0.39, 0.29) is 23.7 Å². The molecule has 0 spiro atoms. The Morgan fingerprint density at radius 3 is 1.92 bits per heavy atom. The molecule has 2 aromatic carbocycles. The lowest BCUT2D eigenvalue weighted by atomic mass is 9.85. The molecule has 2 atom stereocenters. The average Bonchev–Trinajstić information content (AvgIpc) is 2.90. The highest BCUT2D eigenvalue weighted by Gasteiger charge is 2.47. The molecule has 26 heavy (non-hydrogen) atoms. The topological polar surface area (TPSA) is 46.6 Å². The van der Waals surface area contributed by atoms with E-state index in [4.69, 9.17) is 4.74 Å². The summed E-state index contributed by atoms with van der Waals surface area (Å²) in [5, 5.41) is 0. The minimum Gasteiger partial charge on any atom is -0.457 e. The Balaban J connectivity index is 1.57. The summed E-state index contributed by atoms with van der Waals surface area (Å²) in [7, 11) is 0. The standard InChI is InChI=1S/C22H21NO3/c1-14-6-5-7-15(2)20(14)26-17-12-10-16(11-13-17)23-21(24)18-8-3-4-9-19(18)22(23)25/h3-7,10-13,18-19H,8-9H2,1-2H3/t18-,19+. The van der Waals surface area contributed by atoms with Crippen LogP contribution in [0.25, 0.3) is 0 Å². The van der Waals surface area contributed by atoms with Crippen molar-refractivity contribution in [2.75, 3.05) is 4.90 Å². The molecule has 0 N–H and O–H groups in total. The SMILES string of the molecule is Cc1cccc(C)c1Oc1ccc(N2C(=O)[C@H]3CC=CC[C@H]3C2=O)cc1. The normalized spacial score (nSPS) is 21.8. The molecule has 4 nitrogen and oxygen atoms in total. The zero-order valence-electron chi connectivity index (χ0n) is 14.9. The fourth-order valence-corrected chi connectivity index (χ4v) is 3.80. The van der Waals surface area contributed by atoms with Crippen molar-refractivity contribution in [2.45, 2.75) is 26.7 Å². The molecule has 1 fully saturated rings. The van der Waals surface area contributed by atoms with Crippen molar-refractivity contribution < 1.29 is 14.3 Å². The van der Waals surface area contributed by atoms with E-state index in [1.807, 2.05) is 56.3 Å². The van der Waals surface area contributed by atoms with E-state index < -0.39 is 0 Å². The highest BCUT2D eigenvalue weighted by atomic mass is 16.5. The summed E-state index contributed by atoms with van der Waals surface area (Å²) in [6.45, 7) is 4.02. The molecule has 0 aromatic heterocycles. The minimum absolute atomic E-state index is 0.0900. The van der Waals surface area contributed by atoms with E-state index in [1.165, 1.54) is 4.90 Å². The van der Waals surface area contributed by atoms with Crippen molar-refractivity contribution >= 4 is 17.5 Å². The van der Waals surface area contributed by atoms with Gasteiger partial charge in [0.05, 0.1) is 17.5 Å². The maximum atomic E-state index is 12.7. The van der Waals surface area contributed by atoms with Gasteiger partial charge in [0.15, 0.2) is 0 Å². The first-order chi connectivity index (χ1) is 12.6. The molecule has 1 aliphatic carbocycles. The predicted octanol–water partition coefficient (Wildman–Crippen LogP) is 4.55. The van der Waals surface area contributed by atoms with Crippen LogP contribution < -0.4 is 9.64 Å². The highest BCUT2D eigenvalue weighted by molar-refractivity contribution is 6.22. The quantitative estimate of drug-likeness (QED) is 0.604. The second kappa shape index (κ2) is 6.45. The number of para-hydroxylation sites is 1. The predicted molar refractivity (Wildman–Crippen MR) is 100 cm³/mol. The van der Waals surface area contributed by atoms with Gasteiger partial charge in [-0.25, -0.2) is 0 Å². The molecule has 0 saturated carbocycles. The molecular formula is C22H21NO3. The van der Waals surface area contributed by atoms with Gasteiger partial charge in [0.1, 0.15) is 11.5 Å². The van der Waals surface area contributed by atoms with Crippen molar-refractivity contribution in [2.24, 2.45) is 11.8 Å². The third-order valence-electron chi connectivity index (χ3n) is 5.23. The van der Waals surface area contributed by atoms with E-state index in [9.17, 15) is 9.59 Å². The van der Waals surface area contributed by atoms with Crippen LogP contribution in [0.4, 0.5) is 5.69 Å². The lowest BCUT2D eigenvalue weighted by Gasteiger charge is -2.16. The molecule has 132 valence electrons. The van der Waals surface area contributed by atoms with Gasteiger partial charge in [-0.05, 0) is 62.1 Å². The van der Waals surface area contributed by atoms with Gasteiger partial charge in [-0.3, -0.25) is 14.5 Å². The number of hydrogen-bond donors (Lipinski definition) is 0. The van der Waals surface area contributed by atoms with Crippen molar-refractivity contribution in [3.05, 3.63) is 65.7 Å². The van der Waals surface area contributed by atoms with E-state index >= 15 is 0 Å². The Bertz CT molecular complexity index is 852. The third kappa shape index (κ3) is 2.71. The van der Waals surface area contributed by atoms with E-state index in [0.717, 1.165) is 16.9 Å². The maximum absolute atomic E-state index is 12.7. The van der Waals surface area contributed by atoms with Gasteiger partial charge in [0, 0.05) is 0 Å². The van der Waals surface area contributed by atoms with Gasteiger partial charge >= 0.3 is 0 Å². The van der Waals surface area contributed by atoms with Crippen LogP contribution in [0.1, 0.15) is 24.0 Å². The first-order valence-corrected chi connectivity index (χ1v) is 8.93. The van der Waals surface area contributed by atoms with Crippen LogP contribution in [0.15, 0.2) is 54.6 Å². The number of amides is 2. The lowest BCUT2D eigenvalue weighted by Crippen LogP contribution is -2.30. The Hall–Kier alpha value is -2.88. The van der Waals surface area contributed by atoms with Gasteiger partial charge < -0.3 is 4.74 Å². The van der Waals surface area contributed by atoms with Crippen LogP contribution in [0, 0.1) is 25.7 Å². The number of rotatable bonds is 3. The smallest absolute Gasteiger partial charge is 0.238 e. The Labute approximate surface area is 153 Å². The summed E-state index contributed by atoms with van der Waals surface area (Å²) in [6.07, 6.45) is 5.30. The molecule has 0 unspecified atom stereocenters. The number of carbonyl (C=O) groups is 2. The summed E-state index contributed by atoms with van der Waals surface area (Å²) < 4.78 is 6.01. The van der Waals surface area contributed by atoms with Crippen LogP contribution in [-0.2, 0) is 9.59 Å². The maximum Gasteiger partial charge on any atom is 0.238 e. The lowest BCUT2D eigenvalue weighted by molar-refractivity contribution is -0.122. The second-order valence-electron chi connectivity index (χ2n) is 6.98. The number of aryl methyl sites for hydroxylation is 2. The molecule has 1 aliphatic heterocycles. The number of imide groups is 1. The molecule has 2 aliphatic rings. The highest BCUT2D eigenvalue weighted by Crippen LogP contribution is 2.38. The fourth-order valence-electron chi connectivity index (χ4n) is 3.80. The molecule has 2 amide bonds. The number of fused-ring (bicyclic) bond motifs is 1. The molecule has 1 saturated heterocycles. The zero-order valence-corrected chi connectivity index (χ0v) is 14.9. The second-order valence-corrected chi connectivity index (χ2v) is 6.98. The summed E-state index contributed by atoms with van der Waals surface area (Å²) in [5.41, 5.74) is 2.74. The van der Waals surface area contributed by atoms with Crippen LogP contribution in [0.3, 0.4) is 0 Å². The van der Waals surface area contributed by atoms with Gasteiger partial charge in [-0.1, -0.05) is 30.4 Å². The van der Waals surface area contributed by atoms with E-state index in [1.54, 1.807) is 12.1 Å². The fraction of sp³-hybridized carbons (Fsp3) is 0.273. The number of anilines is 1. The van der Waals surface area contributed by atoms with Crippen molar-refractivity contribution in [3.63, 3.8) is 0 Å². The number of carbonyl (C=O) groups excluding carboxylic acids is 2. The Morgan fingerprint density at radius 2 is 1.38 bits per heavy atom. The van der Waals surface area contributed by atoms with Gasteiger partial charge in [-0.15, -0.1) is 0 Å². The molecule has 0 bridgehead atoms. The third-order valence-corrected chi connectivity index (χ3v) is 5.23. The molecule has 0 radical (unpaired) electrons. The number of allylic oxidation sites excluding steroid dienone is 2. The number of ether oxygens (including phenoxy) is 1. The summed E-state index contributed by atoms with van der Waals surface area (Å²) in [5.74, 6) is 0.923. The molecule has 1 heterocycles. The van der Waals surface area contributed by atoms with Gasteiger partial charge in [0.2, 0.25) is 11.8 Å².